The standard InChI is InChI=1S/C13H14FNO2/c14-8-5-9-11(16)7-13(3-1-2-4-13)17-12(9)10(15)6-8/h5-6H,1-4,7,15H2. The van der Waals surface area contributed by atoms with E-state index in [1.807, 2.05) is 0 Å². The van der Waals surface area contributed by atoms with Gasteiger partial charge in [-0.05, 0) is 31.7 Å². The van der Waals surface area contributed by atoms with Crippen molar-refractivity contribution >= 4 is 11.5 Å². The molecule has 0 saturated heterocycles. The first-order chi connectivity index (χ1) is 8.10. The minimum Gasteiger partial charge on any atom is -0.484 e. The number of halogens is 1. The van der Waals surface area contributed by atoms with Crippen molar-refractivity contribution in [3.8, 4) is 5.75 Å². The molecule has 1 aliphatic heterocycles. The lowest BCUT2D eigenvalue weighted by Crippen LogP contribution is -2.39. The van der Waals surface area contributed by atoms with Crippen LogP contribution in [0.1, 0.15) is 42.5 Å². The average Bonchev–Trinajstić information content (AvgIpc) is 2.69. The van der Waals surface area contributed by atoms with E-state index >= 15 is 0 Å². The molecular weight excluding hydrogens is 221 g/mol. The molecule has 2 aliphatic rings. The van der Waals surface area contributed by atoms with E-state index in [1.165, 1.54) is 12.1 Å². The van der Waals surface area contributed by atoms with Crippen LogP contribution >= 0.6 is 0 Å². The van der Waals surface area contributed by atoms with Crippen molar-refractivity contribution in [2.45, 2.75) is 37.7 Å². The van der Waals surface area contributed by atoms with Crippen LogP contribution in [0.25, 0.3) is 0 Å². The van der Waals surface area contributed by atoms with Gasteiger partial charge in [-0.2, -0.15) is 0 Å². The van der Waals surface area contributed by atoms with Gasteiger partial charge in [0.2, 0.25) is 0 Å². The minimum absolute atomic E-state index is 0.0562. The largest absolute Gasteiger partial charge is 0.484 e. The lowest BCUT2D eigenvalue weighted by atomic mass is 9.88. The van der Waals surface area contributed by atoms with E-state index in [0.29, 0.717) is 17.7 Å². The summed E-state index contributed by atoms with van der Waals surface area (Å²) in [4.78, 5) is 12.0. The Morgan fingerprint density at radius 1 is 1.29 bits per heavy atom. The number of hydrogen-bond donors (Lipinski definition) is 1. The van der Waals surface area contributed by atoms with Crippen molar-refractivity contribution in [3.63, 3.8) is 0 Å². The highest BCUT2D eigenvalue weighted by molar-refractivity contribution is 6.02. The molecule has 1 spiro atoms. The van der Waals surface area contributed by atoms with Gasteiger partial charge in [-0.3, -0.25) is 4.79 Å². The Hall–Kier alpha value is -1.58. The summed E-state index contributed by atoms with van der Waals surface area (Å²) >= 11 is 0. The molecule has 2 N–H and O–H groups in total. The second-order valence-corrected chi connectivity index (χ2v) is 4.96. The molecule has 17 heavy (non-hydrogen) atoms. The molecule has 0 amide bonds. The minimum atomic E-state index is -0.486. The van der Waals surface area contributed by atoms with Crippen LogP contribution in [-0.2, 0) is 0 Å². The van der Waals surface area contributed by atoms with Gasteiger partial charge in [0, 0.05) is 6.07 Å². The van der Waals surface area contributed by atoms with Crippen LogP contribution < -0.4 is 10.5 Å². The quantitative estimate of drug-likeness (QED) is 0.703. The first kappa shape index (κ1) is 10.6. The van der Waals surface area contributed by atoms with Gasteiger partial charge in [-0.15, -0.1) is 0 Å². The molecule has 0 atom stereocenters. The summed E-state index contributed by atoms with van der Waals surface area (Å²) in [5.41, 5.74) is 5.87. The van der Waals surface area contributed by atoms with Crippen molar-refractivity contribution in [2.24, 2.45) is 0 Å². The third-order valence-electron chi connectivity index (χ3n) is 3.70. The van der Waals surface area contributed by atoms with Gasteiger partial charge in [-0.1, -0.05) is 0 Å². The van der Waals surface area contributed by atoms with Crippen LogP contribution in [0.4, 0.5) is 10.1 Å². The Morgan fingerprint density at radius 2 is 2.00 bits per heavy atom. The Balaban J connectivity index is 2.09. The molecule has 1 heterocycles. The number of rotatable bonds is 0. The van der Waals surface area contributed by atoms with Crippen molar-refractivity contribution in [3.05, 3.63) is 23.5 Å². The lowest BCUT2D eigenvalue weighted by molar-refractivity contribution is 0.0455. The van der Waals surface area contributed by atoms with E-state index < -0.39 is 5.82 Å². The molecule has 4 heteroatoms. The van der Waals surface area contributed by atoms with E-state index in [-0.39, 0.29) is 17.1 Å². The molecule has 1 aromatic carbocycles. The Labute approximate surface area is 98.8 Å². The van der Waals surface area contributed by atoms with Gasteiger partial charge < -0.3 is 10.5 Å². The van der Waals surface area contributed by atoms with Crippen LogP contribution in [-0.4, -0.2) is 11.4 Å². The van der Waals surface area contributed by atoms with Gasteiger partial charge in [0.15, 0.2) is 11.5 Å². The number of ketones is 1. The Bertz CT molecular complexity index is 492. The monoisotopic (exact) mass is 235 g/mol. The van der Waals surface area contributed by atoms with Crippen LogP contribution in [0.3, 0.4) is 0 Å². The zero-order valence-corrected chi connectivity index (χ0v) is 9.46. The van der Waals surface area contributed by atoms with Crippen molar-refractivity contribution < 1.29 is 13.9 Å². The van der Waals surface area contributed by atoms with Crippen LogP contribution in [0.5, 0.6) is 5.75 Å². The SMILES string of the molecule is Nc1cc(F)cc2c1OC1(CCCC1)CC2=O. The second-order valence-electron chi connectivity index (χ2n) is 4.96. The maximum absolute atomic E-state index is 13.2. The second kappa shape index (κ2) is 3.45. The fourth-order valence-electron chi connectivity index (χ4n) is 2.87. The highest BCUT2D eigenvalue weighted by Crippen LogP contribution is 2.45. The summed E-state index contributed by atoms with van der Waals surface area (Å²) < 4.78 is 19.1. The molecule has 1 saturated carbocycles. The molecule has 0 aromatic heterocycles. The molecule has 0 unspecified atom stereocenters. The highest BCUT2D eigenvalue weighted by atomic mass is 19.1. The summed E-state index contributed by atoms with van der Waals surface area (Å²) in [6.07, 6.45) is 4.26. The number of nitrogens with two attached hydrogens (primary N) is 1. The van der Waals surface area contributed by atoms with Crippen LogP contribution in [0.15, 0.2) is 12.1 Å². The predicted octanol–water partition coefficient (Wildman–Crippen LogP) is 2.69. The number of hydrogen-bond acceptors (Lipinski definition) is 3. The molecule has 1 fully saturated rings. The maximum atomic E-state index is 13.2. The summed E-state index contributed by atoms with van der Waals surface area (Å²) in [7, 11) is 0. The third-order valence-corrected chi connectivity index (χ3v) is 3.70. The Kier molecular flexibility index (Phi) is 2.15. The average molecular weight is 235 g/mol. The van der Waals surface area contributed by atoms with Gasteiger partial charge >= 0.3 is 0 Å². The van der Waals surface area contributed by atoms with E-state index in [9.17, 15) is 9.18 Å². The summed E-state index contributed by atoms with van der Waals surface area (Å²) in [5.74, 6) is -0.163. The number of nitrogen functional groups attached to an aromatic ring is 1. The number of benzene rings is 1. The molecule has 1 aliphatic carbocycles. The molecule has 0 radical (unpaired) electrons. The number of ether oxygens (including phenoxy) is 1. The van der Waals surface area contributed by atoms with E-state index in [2.05, 4.69) is 0 Å². The number of fused-ring (bicyclic) bond motifs is 1. The first-order valence-electron chi connectivity index (χ1n) is 5.91. The van der Waals surface area contributed by atoms with Gasteiger partial charge in [0.05, 0.1) is 17.7 Å². The summed E-state index contributed by atoms with van der Waals surface area (Å²) in [5, 5.41) is 0. The third kappa shape index (κ3) is 1.59. The zero-order valence-electron chi connectivity index (χ0n) is 9.46. The van der Waals surface area contributed by atoms with Crippen LogP contribution in [0.2, 0.25) is 0 Å². The van der Waals surface area contributed by atoms with Gasteiger partial charge in [-0.25, -0.2) is 4.39 Å². The first-order valence-corrected chi connectivity index (χ1v) is 5.91. The smallest absolute Gasteiger partial charge is 0.170 e. The molecule has 3 nitrogen and oxygen atoms in total. The topological polar surface area (TPSA) is 52.3 Å². The summed E-state index contributed by atoms with van der Waals surface area (Å²) in [6, 6.07) is 2.43. The fraction of sp³-hybridized carbons (Fsp3) is 0.462. The molecule has 3 rings (SSSR count). The number of Topliss-reactive ketones (excluding diaryl/α,β-unsaturated/α-hetero) is 1. The van der Waals surface area contributed by atoms with Crippen molar-refractivity contribution in [2.75, 3.05) is 5.73 Å². The normalized spacial score (nSPS) is 21.4. The predicted molar refractivity (Wildman–Crippen MR) is 61.6 cm³/mol. The summed E-state index contributed by atoms with van der Waals surface area (Å²) in [6.45, 7) is 0. The zero-order chi connectivity index (χ0) is 12.0. The molecule has 90 valence electrons. The van der Waals surface area contributed by atoms with E-state index in [4.69, 9.17) is 10.5 Å². The number of anilines is 1. The van der Waals surface area contributed by atoms with Gasteiger partial charge in [0.1, 0.15) is 11.4 Å². The van der Waals surface area contributed by atoms with E-state index in [0.717, 1.165) is 25.7 Å². The van der Waals surface area contributed by atoms with Crippen molar-refractivity contribution in [1.29, 1.82) is 0 Å². The van der Waals surface area contributed by atoms with Gasteiger partial charge in [0.25, 0.3) is 0 Å². The Morgan fingerprint density at radius 3 is 2.71 bits per heavy atom. The highest BCUT2D eigenvalue weighted by Gasteiger charge is 2.43. The number of carbonyl (C=O) groups is 1. The molecule has 0 bridgehead atoms. The van der Waals surface area contributed by atoms with E-state index in [1.54, 1.807) is 0 Å². The van der Waals surface area contributed by atoms with Crippen LogP contribution in [0, 0.1) is 5.82 Å². The van der Waals surface area contributed by atoms with Crippen molar-refractivity contribution in [1.82, 2.24) is 0 Å². The fourth-order valence-corrected chi connectivity index (χ4v) is 2.87. The number of carbonyl (C=O) groups excluding carboxylic acids is 1. The molecular formula is C13H14FNO2. The maximum Gasteiger partial charge on any atom is 0.170 e. The lowest BCUT2D eigenvalue weighted by Gasteiger charge is -2.35. The molecule has 1 aromatic rings.